The largest absolute Gasteiger partial charge is 0.309 e. The highest BCUT2D eigenvalue weighted by Gasteiger charge is 2.49. The Morgan fingerprint density at radius 1 is 0.296 bits per heavy atom. The smallest absolute Gasteiger partial charge is 0.0726 e. The van der Waals surface area contributed by atoms with Crippen molar-refractivity contribution < 1.29 is 0 Å². The van der Waals surface area contributed by atoms with Gasteiger partial charge in [0.2, 0.25) is 0 Å². The number of benzene rings is 9. The molecule has 0 fully saturated rings. The number of aromatic nitrogens is 1. The van der Waals surface area contributed by atoms with E-state index in [0.29, 0.717) is 0 Å². The predicted octanol–water partition coefficient (Wildman–Crippen LogP) is 13.6. The molecule has 54 heavy (non-hydrogen) atoms. The third-order valence-electron chi connectivity index (χ3n) is 12.2. The maximum atomic E-state index is 2.54. The minimum atomic E-state index is -0.606. The summed E-state index contributed by atoms with van der Waals surface area (Å²) in [6, 6.07) is 75.0. The second kappa shape index (κ2) is 11.0. The van der Waals surface area contributed by atoms with Crippen LogP contribution in [-0.4, -0.2) is 4.57 Å². The zero-order valence-electron chi connectivity index (χ0n) is 29.5. The van der Waals surface area contributed by atoms with Crippen molar-refractivity contribution in [3.63, 3.8) is 0 Å². The predicted molar refractivity (Wildman–Crippen MR) is 225 cm³/mol. The van der Waals surface area contributed by atoms with E-state index in [4.69, 9.17) is 0 Å². The maximum absolute atomic E-state index is 2.54. The Morgan fingerprint density at radius 3 is 1.43 bits per heavy atom. The Kier molecular flexibility index (Phi) is 6.04. The van der Waals surface area contributed by atoms with Crippen molar-refractivity contribution in [1.82, 2.24) is 4.57 Å². The third kappa shape index (κ3) is 3.73. The van der Waals surface area contributed by atoms with Crippen LogP contribution in [-0.2, 0) is 5.41 Å². The molecule has 1 heterocycles. The van der Waals surface area contributed by atoms with E-state index < -0.39 is 5.41 Å². The molecule has 2 aliphatic carbocycles. The SMILES string of the molecule is c1ccc2c(c1)-c1ccccc1-c1c(-n3c4ccccc4c4c5ccccc5ccc43)cccc1C1(c3ccccc3-2)c2ccccc2-c2ccccc21. The molecule has 0 bridgehead atoms. The molecule has 1 spiro atoms. The van der Waals surface area contributed by atoms with Gasteiger partial charge in [-0.2, -0.15) is 0 Å². The van der Waals surface area contributed by atoms with Crippen LogP contribution in [0.25, 0.3) is 82.8 Å². The summed E-state index contributed by atoms with van der Waals surface area (Å²) in [7, 11) is 0. The average Bonchev–Trinajstić information content (AvgIpc) is 3.75. The minimum absolute atomic E-state index is 0.606. The van der Waals surface area contributed by atoms with E-state index in [1.807, 2.05) is 0 Å². The van der Waals surface area contributed by atoms with Gasteiger partial charge in [-0.25, -0.2) is 0 Å². The van der Waals surface area contributed by atoms with Crippen molar-refractivity contribution in [2.24, 2.45) is 0 Å². The van der Waals surface area contributed by atoms with Gasteiger partial charge >= 0.3 is 0 Å². The second-order valence-electron chi connectivity index (χ2n) is 14.7. The van der Waals surface area contributed by atoms with Crippen LogP contribution in [0.4, 0.5) is 0 Å². The standard InChI is InChI=1S/C53H33N/c1-2-17-35-34(16-1)32-33-50-51(35)43-25-10-14-30-48(43)54(50)49-31-15-29-47-52(49)42-24-6-5-20-38(42)36-18-3-4-19-37(36)39-21-7-11-26-44(39)53(47)45-27-12-8-22-40(45)41-23-9-13-28-46(41)53/h1-33H. The zero-order valence-corrected chi connectivity index (χ0v) is 29.5. The number of hydrogen-bond donors (Lipinski definition) is 0. The average molecular weight is 684 g/mol. The molecular formula is C53H33N. The van der Waals surface area contributed by atoms with Crippen molar-refractivity contribution in [2.45, 2.75) is 5.41 Å². The van der Waals surface area contributed by atoms with Gasteiger partial charge in [-0.3, -0.25) is 0 Å². The first-order chi connectivity index (χ1) is 26.8. The fourth-order valence-corrected chi connectivity index (χ4v) is 10.2. The van der Waals surface area contributed by atoms with Gasteiger partial charge in [0, 0.05) is 16.3 Å². The topological polar surface area (TPSA) is 4.93 Å². The molecule has 0 radical (unpaired) electrons. The lowest BCUT2D eigenvalue weighted by molar-refractivity contribution is 0.772. The molecule has 0 N–H and O–H groups in total. The summed E-state index contributed by atoms with van der Waals surface area (Å²) in [6.45, 7) is 0. The van der Waals surface area contributed by atoms with Crippen molar-refractivity contribution in [2.75, 3.05) is 0 Å². The maximum Gasteiger partial charge on any atom is 0.0726 e. The van der Waals surface area contributed by atoms with Crippen LogP contribution in [0, 0.1) is 0 Å². The van der Waals surface area contributed by atoms with Crippen LogP contribution in [0.1, 0.15) is 22.3 Å². The van der Waals surface area contributed by atoms with Crippen molar-refractivity contribution >= 4 is 32.6 Å². The molecule has 0 saturated heterocycles. The Morgan fingerprint density at radius 2 is 0.759 bits per heavy atom. The summed E-state index contributed by atoms with van der Waals surface area (Å²) in [6.07, 6.45) is 0. The molecule has 0 aliphatic heterocycles. The molecule has 1 nitrogen and oxygen atoms in total. The van der Waals surface area contributed by atoms with Gasteiger partial charge < -0.3 is 4.57 Å². The Labute approximate surface area is 314 Å². The Bertz CT molecular complexity index is 3130. The molecule has 10 aromatic rings. The van der Waals surface area contributed by atoms with E-state index in [9.17, 15) is 0 Å². The van der Waals surface area contributed by atoms with Crippen LogP contribution >= 0.6 is 0 Å². The monoisotopic (exact) mass is 683 g/mol. The number of nitrogens with zero attached hydrogens (tertiary/aromatic N) is 1. The van der Waals surface area contributed by atoms with Gasteiger partial charge in [-0.1, -0.05) is 182 Å². The van der Waals surface area contributed by atoms with Crippen LogP contribution in [0.3, 0.4) is 0 Å². The van der Waals surface area contributed by atoms with E-state index in [1.165, 1.54) is 105 Å². The molecule has 0 amide bonds. The molecule has 250 valence electrons. The van der Waals surface area contributed by atoms with Gasteiger partial charge in [0.25, 0.3) is 0 Å². The van der Waals surface area contributed by atoms with E-state index in [0.717, 1.165) is 0 Å². The van der Waals surface area contributed by atoms with Crippen molar-refractivity contribution in [1.29, 1.82) is 0 Å². The Balaban J connectivity index is 1.35. The lowest BCUT2D eigenvalue weighted by atomic mass is 9.64. The van der Waals surface area contributed by atoms with Crippen LogP contribution in [0.2, 0.25) is 0 Å². The highest BCUT2D eigenvalue weighted by atomic mass is 15.0. The van der Waals surface area contributed by atoms with Crippen molar-refractivity contribution in [3.05, 3.63) is 222 Å². The van der Waals surface area contributed by atoms with Crippen LogP contribution < -0.4 is 0 Å². The fraction of sp³-hybridized carbons (Fsp3) is 0.0189. The van der Waals surface area contributed by atoms with Crippen LogP contribution in [0.5, 0.6) is 0 Å². The lowest BCUT2D eigenvalue weighted by Crippen LogP contribution is -2.30. The normalized spacial score (nSPS) is 13.3. The molecule has 1 heteroatoms. The van der Waals surface area contributed by atoms with Gasteiger partial charge in [-0.15, -0.1) is 0 Å². The molecule has 0 unspecified atom stereocenters. The summed E-state index contributed by atoms with van der Waals surface area (Å²) in [4.78, 5) is 0. The zero-order chi connectivity index (χ0) is 35.4. The van der Waals surface area contributed by atoms with Crippen LogP contribution in [0.15, 0.2) is 200 Å². The van der Waals surface area contributed by atoms with Gasteiger partial charge in [0.15, 0.2) is 0 Å². The van der Waals surface area contributed by atoms with Crippen molar-refractivity contribution in [3.8, 4) is 50.2 Å². The lowest BCUT2D eigenvalue weighted by Gasteiger charge is -2.37. The third-order valence-corrected chi connectivity index (χ3v) is 12.2. The second-order valence-corrected chi connectivity index (χ2v) is 14.7. The first-order valence-corrected chi connectivity index (χ1v) is 18.9. The summed E-state index contributed by atoms with van der Waals surface area (Å²) >= 11 is 0. The summed E-state index contributed by atoms with van der Waals surface area (Å²) in [5.74, 6) is 0. The number of fused-ring (bicyclic) bond motifs is 19. The first kappa shape index (κ1) is 29.6. The highest BCUT2D eigenvalue weighted by Crippen LogP contribution is 2.61. The number of hydrogen-bond acceptors (Lipinski definition) is 0. The van der Waals surface area contributed by atoms with Gasteiger partial charge in [0.1, 0.15) is 0 Å². The first-order valence-electron chi connectivity index (χ1n) is 18.9. The highest BCUT2D eigenvalue weighted by molar-refractivity contribution is 6.21. The van der Waals surface area contributed by atoms with E-state index >= 15 is 0 Å². The fourth-order valence-electron chi connectivity index (χ4n) is 10.2. The summed E-state index contributed by atoms with van der Waals surface area (Å²) in [5, 5.41) is 5.09. The molecule has 12 rings (SSSR count). The van der Waals surface area contributed by atoms with Gasteiger partial charge in [0.05, 0.1) is 22.1 Å². The molecular weight excluding hydrogens is 651 g/mol. The molecule has 9 aromatic carbocycles. The van der Waals surface area contributed by atoms with E-state index in [2.05, 4.69) is 205 Å². The summed E-state index contributed by atoms with van der Waals surface area (Å²) in [5.41, 5.74) is 18.3. The van der Waals surface area contributed by atoms with Gasteiger partial charge in [-0.05, 0) is 90.2 Å². The number of rotatable bonds is 1. The Hall–Kier alpha value is -6.96. The number of para-hydroxylation sites is 1. The molecule has 0 atom stereocenters. The minimum Gasteiger partial charge on any atom is -0.309 e. The van der Waals surface area contributed by atoms with E-state index in [-0.39, 0.29) is 0 Å². The molecule has 1 aromatic heterocycles. The van der Waals surface area contributed by atoms with E-state index in [1.54, 1.807) is 0 Å². The quantitative estimate of drug-likeness (QED) is 0.162. The summed E-state index contributed by atoms with van der Waals surface area (Å²) < 4.78 is 2.54. The molecule has 0 saturated carbocycles. The molecule has 2 aliphatic rings.